The second-order valence-electron chi connectivity index (χ2n) is 5.98. The van der Waals surface area contributed by atoms with Crippen molar-refractivity contribution in [2.24, 2.45) is 11.7 Å². The van der Waals surface area contributed by atoms with E-state index < -0.39 is 0 Å². The molecule has 0 aliphatic carbocycles. The number of nitrogens with two attached hydrogens (primary N) is 1. The van der Waals surface area contributed by atoms with E-state index in [-0.39, 0.29) is 24.2 Å². The highest BCUT2D eigenvalue weighted by molar-refractivity contribution is 5.76. The zero-order valence-corrected chi connectivity index (χ0v) is 12.7. The molecule has 1 aliphatic rings. The van der Waals surface area contributed by atoms with Gasteiger partial charge in [-0.3, -0.25) is 9.20 Å². The molecule has 0 radical (unpaired) electrons. The van der Waals surface area contributed by atoms with Gasteiger partial charge in [-0.2, -0.15) is 0 Å². The molecule has 2 aromatic rings. The Bertz CT molecular complexity index is 735. The highest BCUT2D eigenvalue weighted by Crippen LogP contribution is 2.22. The van der Waals surface area contributed by atoms with Crippen molar-refractivity contribution in [1.82, 2.24) is 19.1 Å². The summed E-state index contributed by atoms with van der Waals surface area (Å²) in [5.74, 6) is 0.489. The summed E-state index contributed by atoms with van der Waals surface area (Å²) in [5.41, 5.74) is 6.05. The minimum Gasteiger partial charge on any atom is -0.337 e. The van der Waals surface area contributed by atoms with Crippen molar-refractivity contribution in [2.75, 3.05) is 13.1 Å². The minimum absolute atomic E-state index is 0.0363. The third-order valence-electron chi connectivity index (χ3n) is 4.34. The molecule has 1 amide bonds. The molecule has 2 N–H and O–H groups in total. The van der Waals surface area contributed by atoms with Crippen LogP contribution in [0.25, 0.3) is 5.65 Å². The molecule has 22 heavy (non-hydrogen) atoms. The minimum atomic E-state index is -0.293. The molecule has 7 nitrogen and oxygen atoms in total. The van der Waals surface area contributed by atoms with Crippen LogP contribution in [-0.4, -0.2) is 44.1 Å². The van der Waals surface area contributed by atoms with Crippen LogP contribution in [0.5, 0.6) is 0 Å². The first-order chi connectivity index (χ1) is 10.6. The Kier molecular flexibility index (Phi) is 3.98. The van der Waals surface area contributed by atoms with Gasteiger partial charge >= 0.3 is 5.69 Å². The molecule has 1 saturated heterocycles. The number of hydrogen-bond donors (Lipinski definition) is 1. The summed E-state index contributed by atoms with van der Waals surface area (Å²) in [6, 6.07) is 5.38. The van der Waals surface area contributed by atoms with E-state index in [1.165, 1.54) is 9.08 Å². The van der Waals surface area contributed by atoms with Crippen LogP contribution in [0.2, 0.25) is 0 Å². The fourth-order valence-electron chi connectivity index (χ4n) is 3.09. The quantitative estimate of drug-likeness (QED) is 0.870. The zero-order chi connectivity index (χ0) is 15.7. The molecule has 2 aromatic heterocycles. The summed E-state index contributed by atoms with van der Waals surface area (Å²) in [4.78, 5) is 26.6. The van der Waals surface area contributed by atoms with Crippen LogP contribution in [0.4, 0.5) is 0 Å². The number of piperidine rings is 1. The third-order valence-corrected chi connectivity index (χ3v) is 4.34. The number of fused-ring (bicyclic) bond motifs is 1. The Morgan fingerprint density at radius 2 is 2.27 bits per heavy atom. The Balaban J connectivity index is 1.81. The molecule has 1 aliphatic heterocycles. The van der Waals surface area contributed by atoms with Crippen molar-refractivity contribution < 1.29 is 4.79 Å². The van der Waals surface area contributed by atoms with Crippen LogP contribution >= 0.6 is 0 Å². The molecular formula is C15H21N5O2. The van der Waals surface area contributed by atoms with Crippen LogP contribution in [0, 0.1) is 5.92 Å². The number of carbonyl (C=O) groups excluding carboxylic acids is 1. The van der Waals surface area contributed by atoms with Gasteiger partial charge in [0.15, 0.2) is 5.65 Å². The molecule has 3 heterocycles. The van der Waals surface area contributed by atoms with Gasteiger partial charge in [-0.05, 0) is 30.9 Å². The molecule has 0 bridgehead atoms. The van der Waals surface area contributed by atoms with Crippen molar-refractivity contribution in [3.05, 3.63) is 34.9 Å². The van der Waals surface area contributed by atoms with Crippen LogP contribution in [0.3, 0.4) is 0 Å². The first-order valence-electron chi connectivity index (χ1n) is 7.64. The van der Waals surface area contributed by atoms with Gasteiger partial charge in [-0.15, -0.1) is 5.10 Å². The van der Waals surface area contributed by atoms with Gasteiger partial charge in [0, 0.05) is 25.3 Å². The zero-order valence-electron chi connectivity index (χ0n) is 12.7. The van der Waals surface area contributed by atoms with E-state index >= 15 is 0 Å². The fourth-order valence-corrected chi connectivity index (χ4v) is 3.09. The maximum absolute atomic E-state index is 12.5. The van der Waals surface area contributed by atoms with Gasteiger partial charge in [0.2, 0.25) is 5.91 Å². The topological polar surface area (TPSA) is 85.6 Å². The van der Waals surface area contributed by atoms with Crippen molar-refractivity contribution in [2.45, 2.75) is 32.4 Å². The Morgan fingerprint density at radius 1 is 1.45 bits per heavy atom. The lowest BCUT2D eigenvalue weighted by Gasteiger charge is -2.37. The van der Waals surface area contributed by atoms with Crippen molar-refractivity contribution in [1.29, 1.82) is 0 Å². The number of carbonyl (C=O) groups is 1. The molecule has 2 atom stereocenters. The van der Waals surface area contributed by atoms with Crippen molar-refractivity contribution in [3.8, 4) is 0 Å². The first-order valence-corrected chi connectivity index (χ1v) is 7.64. The first kappa shape index (κ1) is 14.8. The molecule has 0 aromatic carbocycles. The second-order valence-corrected chi connectivity index (χ2v) is 5.98. The molecular weight excluding hydrogens is 282 g/mol. The standard InChI is InChI=1S/C15H21N5O2/c1-11-5-7-18(12(8-11)9-16)14(21)10-20-15(22)19-6-3-2-4-13(19)17-20/h2-4,6,11-12H,5,7-10,16H2,1H3. The van der Waals surface area contributed by atoms with Gasteiger partial charge in [0.25, 0.3) is 0 Å². The van der Waals surface area contributed by atoms with E-state index in [0.717, 1.165) is 12.8 Å². The average molecular weight is 303 g/mol. The molecule has 0 saturated carbocycles. The number of likely N-dealkylation sites (tertiary alicyclic amines) is 1. The predicted octanol–water partition coefficient (Wildman–Crippen LogP) is 0.0818. The van der Waals surface area contributed by atoms with Gasteiger partial charge < -0.3 is 10.6 Å². The van der Waals surface area contributed by atoms with Gasteiger partial charge in [0.1, 0.15) is 6.54 Å². The Labute approximate surface area is 128 Å². The molecule has 3 rings (SSSR count). The van der Waals surface area contributed by atoms with E-state index in [4.69, 9.17) is 5.73 Å². The summed E-state index contributed by atoms with van der Waals surface area (Å²) in [5, 5.41) is 4.20. The third kappa shape index (κ3) is 2.64. The van der Waals surface area contributed by atoms with E-state index in [1.807, 2.05) is 6.07 Å². The van der Waals surface area contributed by atoms with Crippen molar-refractivity contribution >= 4 is 11.6 Å². The highest BCUT2D eigenvalue weighted by Gasteiger charge is 2.29. The molecule has 7 heteroatoms. The van der Waals surface area contributed by atoms with Crippen molar-refractivity contribution in [3.63, 3.8) is 0 Å². The number of pyridine rings is 1. The van der Waals surface area contributed by atoms with Crippen LogP contribution in [0.15, 0.2) is 29.2 Å². The summed E-state index contributed by atoms with van der Waals surface area (Å²) in [7, 11) is 0. The van der Waals surface area contributed by atoms with Crippen LogP contribution in [0.1, 0.15) is 19.8 Å². The summed E-state index contributed by atoms with van der Waals surface area (Å²) in [6.07, 6.45) is 3.54. The van der Waals surface area contributed by atoms with Crippen LogP contribution < -0.4 is 11.4 Å². The molecule has 0 spiro atoms. The van der Waals surface area contributed by atoms with Gasteiger partial charge in [0.05, 0.1) is 0 Å². The molecule has 1 fully saturated rings. The summed E-state index contributed by atoms with van der Waals surface area (Å²) >= 11 is 0. The normalized spacial score (nSPS) is 22.2. The summed E-state index contributed by atoms with van der Waals surface area (Å²) in [6.45, 7) is 3.29. The number of hydrogen-bond acceptors (Lipinski definition) is 4. The van der Waals surface area contributed by atoms with E-state index in [1.54, 1.807) is 23.2 Å². The highest BCUT2D eigenvalue weighted by atomic mass is 16.2. The Morgan fingerprint density at radius 3 is 3.00 bits per heavy atom. The van der Waals surface area contributed by atoms with Crippen LogP contribution in [-0.2, 0) is 11.3 Å². The Hall–Kier alpha value is -2.15. The van der Waals surface area contributed by atoms with E-state index in [0.29, 0.717) is 24.7 Å². The fraction of sp³-hybridized carbons (Fsp3) is 0.533. The van der Waals surface area contributed by atoms with E-state index in [9.17, 15) is 9.59 Å². The monoisotopic (exact) mass is 303 g/mol. The number of amides is 1. The molecule has 2 unspecified atom stereocenters. The SMILES string of the molecule is CC1CCN(C(=O)Cn2nc3ccccn3c2=O)C(CN)C1. The second kappa shape index (κ2) is 5.92. The lowest BCUT2D eigenvalue weighted by molar-refractivity contribution is -0.136. The van der Waals surface area contributed by atoms with Gasteiger partial charge in [-0.25, -0.2) is 9.48 Å². The van der Waals surface area contributed by atoms with Gasteiger partial charge in [-0.1, -0.05) is 13.0 Å². The number of rotatable bonds is 3. The predicted molar refractivity (Wildman–Crippen MR) is 82.4 cm³/mol. The largest absolute Gasteiger partial charge is 0.350 e. The average Bonchev–Trinajstić information content (AvgIpc) is 2.83. The molecule has 118 valence electrons. The lowest BCUT2D eigenvalue weighted by atomic mass is 9.92. The maximum Gasteiger partial charge on any atom is 0.350 e. The summed E-state index contributed by atoms with van der Waals surface area (Å²) < 4.78 is 2.66. The smallest absolute Gasteiger partial charge is 0.337 e. The lowest BCUT2D eigenvalue weighted by Crippen LogP contribution is -2.50. The van der Waals surface area contributed by atoms with E-state index in [2.05, 4.69) is 12.0 Å². The maximum atomic E-state index is 12.5. The number of aromatic nitrogens is 3. The number of nitrogens with zero attached hydrogens (tertiary/aromatic N) is 4.